The Kier molecular flexibility index (Phi) is 4.99. The number of hydrogen-bond acceptors (Lipinski definition) is 3. The number of pyridine rings is 1. The molecule has 1 aliphatic heterocycles. The summed E-state index contributed by atoms with van der Waals surface area (Å²) in [4.78, 5) is 28.8. The SMILES string of the molecule is CCc1[nH]c(=O)ccc1C(=O)NCCN1CCCc2ccccc21. The third-order valence-corrected chi connectivity index (χ3v) is 4.47. The molecule has 3 rings (SSSR count). The molecule has 0 radical (unpaired) electrons. The second kappa shape index (κ2) is 7.34. The van der Waals surface area contributed by atoms with Crippen molar-refractivity contribution in [2.75, 3.05) is 24.5 Å². The fourth-order valence-electron chi connectivity index (χ4n) is 3.25. The number of hydrogen-bond donors (Lipinski definition) is 2. The van der Waals surface area contributed by atoms with E-state index in [1.165, 1.54) is 17.3 Å². The van der Waals surface area contributed by atoms with Crippen LogP contribution in [0.4, 0.5) is 5.69 Å². The summed E-state index contributed by atoms with van der Waals surface area (Å²) in [7, 11) is 0. The number of amides is 1. The number of nitrogens with zero attached hydrogens (tertiary/aromatic N) is 1. The molecule has 126 valence electrons. The van der Waals surface area contributed by atoms with Crippen molar-refractivity contribution in [3.63, 3.8) is 0 Å². The number of anilines is 1. The first kappa shape index (κ1) is 16.3. The maximum Gasteiger partial charge on any atom is 0.253 e. The first-order valence-corrected chi connectivity index (χ1v) is 8.52. The quantitative estimate of drug-likeness (QED) is 0.885. The maximum absolute atomic E-state index is 12.4. The summed E-state index contributed by atoms with van der Waals surface area (Å²) in [5.41, 5.74) is 3.72. The number of carbonyl (C=O) groups is 1. The molecule has 0 bridgehead atoms. The molecule has 2 N–H and O–H groups in total. The lowest BCUT2D eigenvalue weighted by molar-refractivity contribution is 0.0953. The van der Waals surface area contributed by atoms with Gasteiger partial charge in [0.2, 0.25) is 5.56 Å². The van der Waals surface area contributed by atoms with Gasteiger partial charge in [-0.3, -0.25) is 9.59 Å². The minimum Gasteiger partial charge on any atom is -0.370 e. The molecule has 24 heavy (non-hydrogen) atoms. The third-order valence-electron chi connectivity index (χ3n) is 4.47. The van der Waals surface area contributed by atoms with Crippen molar-refractivity contribution in [1.82, 2.24) is 10.3 Å². The number of para-hydroxylation sites is 1. The number of aromatic amines is 1. The van der Waals surface area contributed by atoms with E-state index in [-0.39, 0.29) is 11.5 Å². The van der Waals surface area contributed by atoms with Crippen molar-refractivity contribution in [2.45, 2.75) is 26.2 Å². The van der Waals surface area contributed by atoms with Gasteiger partial charge in [0.05, 0.1) is 5.56 Å². The van der Waals surface area contributed by atoms with Gasteiger partial charge in [-0.25, -0.2) is 0 Å². The van der Waals surface area contributed by atoms with E-state index in [2.05, 4.69) is 39.5 Å². The van der Waals surface area contributed by atoms with E-state index in [0.717, 1.165) is 25.9 Å². The van der Waals surface area contributed by atoms with E-state index < -0.39 is 0 Å². The number of benzene rings is 1. The van der Waals surface area contributed by atoms with E-state index in [9.17, 15) is 9.59 Å². The molecule has 0 saturated heterocycles. The number of nitrogens with one attached hydrogen (secondary N) is 2. The number of rotatable bonds is 5. The zero-order chi connectivity index (χ0) is 16.9. The van der Waals surface area contributed by atoms with E-state index in [0.29, 0.717) is 24.2 Å². The van der Waals surface area contributed by atoms with E-state index >= 15 is 0 Å². The fourth-order valence-corrected chi connectivity index (χ4v) is 3.25. The van der Waals surface area contributed by atoms with Gasteiger partial charge in [0, 0.05) is 37.1 Å². The summed E-state index contributed by atoms with van der Waals surface area (Å²) in [6.45, 7) is 4.31. The highest BCUT2D eigenvalue weighted by atomic mass is 16.1. The molecular formula is C19H23N3O2. The number of carbonyl (C=O) groups excluding carboxylic acids is 1. The molecule has 0 atom stereocenters. The molecule has 2 aromatic rings. The Morgan fingerprint density at radius 1 is 1.25 bits per heavy atom. The van der Waals surface area contributed by atoms with Crippen molar-refractivity contribution in [3.05, 3.63) is 63.6 Å². The summed E-state index contributed by atoms with van der Waals surface area (Å²) in [6, 6.07) is 11.5. The molecule has 0 saturated carbocycles. The van der Waals surface area contributed by atoms with Gasteiger partial charge in [0.15, 0.2) is 0 Å². The Morgan fingerprint density at radius 2 is 2.08 bits per heavy atom. The molecule has 0 spiro atoms. The van der Waals surface area contributed by atoms with Gasteiger partial charge in [0.1, 0.15) is 0 Å². The zero-order valence-electron chi connectivity index (χ0n) is 14.0. The highest BCUT2D eigenvalue weighted by Gasteiger charge is 2.16. The Balaban J connectivity index is 1.61. The van der Waals surface area contributed by atoms with Crippen LogP contribution in [0.2, 0.25) is 0 Å². The first-order valence-electron chi connectivity index (χ1n) is 8.52. The number of aryl methyl sites for hydroxylation is 2. The summed E-state index contributed by atoms with van der Waals surface area (Å²) in [6.07, 6.45) is 2.89. The van der Waals surface area contributed by atoms with Gasteiger partial charge >= 0.3 is 0 Å². The minimum atomic E-state index is -0.173. The normalized spacial score (nSPS) is 13.5. The molecule has 1 aliphatic rings. The lowest BCUT2D eigenvalue weighted by atomic mass is 10.0. The van der Waals surface area contributed by atoms with E-state index in [1.807, 2.05) is 6.92 Å². The number of H-pyrrole nitrogens is 1. The highest BCUT2D eigenvalue weighted by molar-refractivity contribution is 5.95. The molecule has 0 aliphatic carbocycles. The number of fused-ring (bicyclic) bond motifs is 1. The van der Waals surface area contributed by atoms with Crippen LogP contribution in [0.15, 0.2) is 41.2 Å². The first-order chi connectivity index (χ1) is 11.7. The summed E-state index contributed by atoms with van der Waals surface area (Å²) in [5.74, 6) is -0.131. The minimum absolute atomic E-state index is 0.131. The van der Waals surface area contributed by atoms with Crippen LogP contribution < -0.4 is 15.8 Å². The molecule has 5 heteroatoms. The third kappa shape index (κ3) is 3.50. The van der Waals surface area contributed by atoms with Crippen LogP contribution in [-0.4, -0.2) is 30.5 Å². The van der Waals surface area contributed by atoms with Gasteiger partial charge in [-0.1, -0.05) is 25.1 Å². The largest absolute Gasteiger partial charge is 0.370 e. The molecule has 1 amide bonds. The topological polar surface area (TPSA) is 65.2 Å². The van der Waals surface area contributed by atoms with Crippen molar-refractivity contribution >= 4 is 11.6 Å². The van der Waals surface area contributed by atoms with Crippen LogP contribution in [0.3, 0.4) is 0 Å². The summed E-state index contributed by atoms with van der Waals surface area (Å²) < 4.78 is 0. The molecule has 2 heterocycles. The lowest BCUT2D eigenvalue weighted by Crippen LogP contribution is -2.38. The van der Waals surface area contributed by atoms with E-state index in [4.69, 9.17) is 0 Å². The smallest absolute Gasteiger partial charge is 0.253 e. The van der Waals surface area contributed by atoms with Crippen LogP contribution >= 0.6 is 0 Å². The molecular weight excluding hydrogens is 302 g/mol. The monoisotopic (exact) mass is 325 g/mol. The van der Waals surface area contributed by atoms with Crippen molar-refractivity contribution in [3.8, 4) is 0 Å². The second-order valence-corrected chi connectivity index (χ2v) is 6.04. The molecule has 1 aromatic heterocycles. The Morgan fingerprint density at radius 3 is 2.92 bits per heavy atom. The van der Waals surface area contributed by atoms with Crippen LogP contribution in [0.25, 0.3) is 0 Å². The zero-order valence-corrected chi connectivity index (χ0v) is 14.0. The van der Waals surface area contributed by atoms with Crippen LogP contribution in [0.5, 0.6) is 0 Å². The van der Waals surface area contributed by atoms with Gasteiger partial charge in [-0.05, 0) is 37.0 Å². The predicted octanol–water partition coefficient (Wildman–Crippen LogP) is 2.12. The fraction of sp³-hybridized carbons (Fsp3) is 0.368. The van der Waals surface area contributed by atoms with Crippen LogP contribution in [-0.2, 0) is 12.8 Å². The van der Waals surface area contributed by atoms with Gasteiger partial charge in [0.25, 0.3) is 5.91 Å². The highest BCUT2D eigenvalue weighted by Crippen LogP contribution is 2.25. The van der Waals surface area contributed by atoms with Crippen molar-refractivity contribution in [2.24, 2.45) is 0 Å². The van der Waals surface area contributed by atoms with Gasteiger partial charge in [-0.2, -0.15) is 0 Å². The average Bonchev–Trinajstić information content (AvgIpc) is 2.61. The molecule has 5 nitrogen and oxygen atoms in total. The second-order valence-electron chi connectivity index (χ2n) is 6.04. The summed E-state index contributed by atoms with van der Waals surface area (Å²) >= 11 is 0. The lowest BCUT2D eigenvalue weighted by Gasteiger charge is -2.31. The molecule has 0 fully saturated rings. The maximum atomic E-state index is 12.4. The van der Waals surface area contributed by atoms with Crippen molar-refractivity contribution < 1.29 is 4.79 Å². The van der Waals surface area contributed by atoms with Crippen molar-refractivity contribution in [1.29, 1.82) is 0 Å². The average molecular weight is 325 g/mol. The van der Waals surface area contributed by atoms with Gasteiger partial charge < -0.3 is 15.2 Å². The predicted molar refractivity (Wildman–Crippen MR) is 95.7 cm³/mol. The van der Waals surface area contributed by atoms with Crippen LogP contribution in [0, 0.1) is 0 Å². The van der Waals surface area contributed by atoms with Gasteiger partial charge in [-0.15, -0.1) is 0 Å². The molecule has 0 unspecified atom stereocenters. The Bertz CT molecular complexity index is 782. The number of aromatic nitrogens is 1. The standard InChI is InChI=1S/C19H23N3O2/c1-2-16-15(9-10-18(23)21-16)19(24)20-11-13-22-12-5-7-14-6-3-4-8-17(14)22/h3-4,6,8-10H,2,5,7,11-13H2,1H3,(H,20,24)(H,21,23). The van der Waals surface area contributed by atoms with Crippen LogP contribution in [0.1, 0.15) is 35.0 Å². The Labute approximate surface area is 141 Å². The Hall–Kier alpha value is -2.56. The van der Waals surface area contributed by atoms with E-state index in [1.54, 1.807) is 6.07 Å². The summed E-state index contributed by atoms with van der Waals surface area (Å²) in [5, 5.41) is 2.97. The molecule has 1 aromatic carbocycles.